The Balaban J connectivity index is 0.00000243. The third-order valence-electron chi connectivity index (χ3n) is 4.31. The molecule has 3 heterocycles. The van der Waals surface area contributed by atoms with Gasteiger partial charge in [0.25, 0.3) is 0 Å². The maximum atomic E-state index is 11.8. The second-order valence-electron chi connectivity index (χ2n) is 6.09. The summed E-state index contributed by atoms with van der Waals surface area (Å²) < 4.78 is 1.90. The van der Waals surface area contributed by atoms with Crippen LogP contribution in [-0.4, -0.2) is 52.3 Å². The minimum absolute atomic E-state index is 0. The second kappa shape index (κ2) is 9.40. The number of hydrogen-bond acceptors (Lipinski definition) is 3. The molecular formula is C17H24ClIN6O. The predicted octanol–water partition coefficient (Wildman–Crippen LogP) is 2.28. The Morgan fingerprint density at radius 3 is 2.96 bits per heavy atom. The van der Waals surface area contributed by atoms with Gasteiger partial charge in [-0.1, -0.05) is 18.5 Å². The summed E-state index contributed by atoms with van der Waals surface area (Å²) >= 11 is 6.00. The molecule has 0 radical (unpaired) electrons. The Morgan fingerprint density at radius 2 is 2.23 bits per heavy atom. The first-order valence-electron chi connectivity index (χ1n) is 8.47. The zero-order chi connectivity index (χ0) is 17.8. The molecule has 1 aliphatic heterocycles. The largest absolute Gasteiger partial charge is 0.352 e. The molecule has 0 saturated carbocycles. The van der Waals surface area contributed by atoms with Gasteiger partial charge in [-0.3, -0.25) is 9.79 Å². The normalized spacial score (nSPS) is 17.3. The van der Waals surface area contributed by atoms with E-state index in [0.29, 0.717) is 23.9 Å². The highest BCUT2D eigenvalue weighted by Gasteiger charge is 2.25. The van der Waals surface area contributed by atoms with Crippen molar-refractivity contribution < 1.29 is 4.79 Å². The topological polar surface area (TPSA) is 74.0 Å². The average molecular weight is 491 g/mol. The number of rotatable bonds is 4. The van der Waals surface area contributed by atoms with Crippen molar-refractivity contribution in [1.82, 2.24) is 24.9 Å². The fourth-order valence-corrected chi connectivity index (χ4v) is 3.16. The lowest BCUT2D eigenvalue weighted by atomic mass is 10.3. The van der Waals surface area contributed by atoms with E-state index >= 15 is 0 Å². The molecule has 0 bridgehead atoms. The van der Waals surface area contributed by atoms with Crippen LogP contribution in [0, 0.1) is 0 Å². The first-order chi connectivity index (χ1) is 12.1. The Labute approximate surface area is 175 Å². The van der Waals surface area contributed by atoms with Gasteiger partial charge in [0.2, 0.25) is 5.91 Å². The molecule has 1 atom stereocenters. The second-order valence-corrected chi connectivity index (χ2v) is 6.53. The lowest BCUT2D eigenvalue weighted by Gasteiger charge is -2.18. The van der Waals surface area contributed by atoms with E-state index in [0.717, 1.165) is 30.9 Å². The fraction of sp³-hybridized carbons (Fsp3) is 0.471. The van der Waals surface area contributed by atoms with Crippen LogP contribution in [0.1, 0.15) is 25.5 Å². The van der Waals surface area contributed by atoms with Gasteiger partial charge in [0.1, 0.15) is 5.65 Å². The van der Waals surface area contributed by atoms with E-state index in [2.05, 4.69) is 20.6 Å². The van der Waals surface area contributed by atoms with Crippen LogP contribution in [0.2, 0.25) is 5.02 Å². The quantitative estimate of drug-likeness (QED) is 0.392. The first kappa shape index (κ1) is 20.8. The maximum Gasteiger partial charge on any atom is 0.222 e. The van der Waals surface area contributed by atoms with Crippen molar-refractivity contribution in [1.29, 1.82) is 0 Å². The summed E-state index contributed by atoms with van der Waals surface area (Å²) in [6.07, 6.45) is 5.26. The van der Waals surface area contributed by atoms with Gasteiger partial charge >= 0.3 is 0 Å². The molecule has 1 fully saturated rings. The van der Waals surface area contributed by atoms with Crippen LogP contribution in [0.25, 0.3) is 5.65 Å². The van der Waals surface area contributed by atoms with Crippen molar-refractivity contribution in [2.24, 2.45) is 4.99 Å². The van der Waals surface area contributed by atoms with Gasteiger partial charge in [-0.15, -0.1) is 24.0 Å². The SMILES string of the molecule is CCC(=O)N1CCC(NC(=NC)NCc2cn3cc(Cl)ccc3n2)C1.I. The lowest BCUT2D eigenvalue weighted by Crippen LogP contribution is -2.44. The molecule has 9 heteroatoms. The van der Waals surface area contributed by atoms with Crippen molar-refractivity contribution in [3.63, 3.8) is 0 Å². The standard InChI is InChI=1S/C17H23ClN6O.HI/c1-3-16(25)23-7-6-13(10-23)22-17(19-2)20-8-14-11-24-9-12(18)4-5-15(24)21-14;/h4-5,9,11,13H,3,6-8,10H2,1-2H3,(H2,19,20,22);1H. The molecule has 2 N–H and O–H groups in total. The smallest absolute Gasteiger partial charge is 0.222 e. The van der Waals surface area contributed by atoms with E-state index in [1.807, 2.05) is 40.8 Å². The van der Waals surface area contributed by atoms with Gasteiger partial charge < -0.3 is 19.9 Å². The Hall–Kier alpha value is -1.55. The minimum atomic E-state index is 0. The van der Waals surface area contributed by atoms with Gasteiger partial charge in [-0.2, -0.15) is 0 Å². The third-order valence-corrected chi connectivity index (χ3v) is 4.53. The number of amides is 1. The number of nitrogens with one attached hydrogen (secondary N) is 2. The van der Waals surface area contributed by atoms with Crippen molar-refractivity contribution in [3.8, 4) is 0 Å². The summed E-state index contributed by atoms with van der Waals surface area (Å²) in [6.45, 7) is 3.98. The van der Waals surface area contributed by atoms with Gasteiger partial charge in [0.05, 0.1) is 17.3 Å². The molecular weight excluding hydrogens is 467 g/mol. The summed E-state index contributed by atoms with van der Waals surface area (Å²) in [5.41, 5.74) is 1.76. The molecule has 0 aromatic carbocycles. The van der Waals surface area contributed by atoms with Gasteiger partial charge in [-0.25, -0.2) is 4.98 Å². The Morgan fingerprint density at radius 1 is 1.42 bits per heavy atom. The number of aromatic nitrogens is 2. The molecule has 26 heavy (non-hydrogen) atoms. The van der Waals surface area contributed by atoms with Gasteiger partial charge in [0.15, 0.2) is 5.96 Å². The maximum absolute atomic E-state index is 11.8. The molecule has 0 spiro atoms. The molecule has 2 aromatic heterocycles. The number of likely N-dealkylation sites (tertiary alicyclic amines) is 1. The summed E-state index contributed by atoms with van der Waals surface area (Å²) in [5, 5.41) is 7.33. The van der Waals surface area contributed by atoms with Crippen LogP contribution in [0.3, 0.4) is 0 Å². The van der Waals surface area contributed by atoms with E-state index in [9.17, 15) is 4.79 Å². The van der Waals surface area contributed by atoms with Gasteiger partial charge in [0, 0.05) is 45.0 Å². The zero-order valence-corrected chi connectivity index (χ0v) is 18.0. The Bertz CT molecular complexity index is 793. The van der Waals surface area contributed by atoms with Crippen molar-refractivity contribution in [3.05, 3.63) is 35.2 Å². The van der Waals surface area contributed by atoms with Crippen LogP contribution in [0.15, 0.2) is 29.5 Å². The number of halogens is 2. The van der Waals surface area contributed by atoms with Crippen LogP contribution < -0.4 is 10.6 Å². The van der Waals surface area contributed by atoms with Crippen LogP contribution in [-0.2, 0) is 11.3 Å². The van der Waals surface area contributed by atoms with Gasteiger partial charge in [-0.05, 0) is 18.6 Å². The number of guanidine groups is 1. The van der Waals surface area contributed by atoms with Crippen molar-refractivity contribution >= 4 is 53.1 Å². The van der Waals surface area contributed by atoms with E-state index in [4.69, 9.17) is 11.6 Å². The molecule has 142 valence electrons. The number of nitrogens with zero attached hydrogens (tertiary/aromatic N) is 4. The number of imidazole rings is 1. The molecule has 2 aromatic rings. The average Bonchev–Trinajstić information content (AvgIpc) is 3.23. The number of aliphatic imine (C=N–C) groups is 1. The van der Waals surface area contributed by atoms with E-state index in [1.54, 1.807) is 7.05 Å². The number of hydrogen-bond donors (Lipinski definition) is 2. The minimum Gasteiger partial charge on any atom is -0.352 e. The van der Waals surface area contributed by atoms with E-state index in [-0.39, 0.29) is 35.9 Å². The fourth-order valence-electron chi connectivity index (χ4n) is 2.99. The number of carbonyl (C=O) groups excluding carboxylic acids is 1. The monoisotopic (exact) mass is 490 g/mol. The number of carbonyl (C=O) groups is 1. The highest BCUT2D eigenvalue weighted by molar-refractivity contribution is 14.0. The van der Waals surface area contributed by atoms with Crippen molar-refractivity contribution in [2.45, 2.75) is 32.4 Å². The molecule has 7 nitrogen and oxygen atoms in total. The number of pyridine rings is 1. The number of fused-ring (bicyclic) bond motifs is 1. The molecule has 3 rings (SSSR count). The highest BCUT2D eigenvalue weighted by Crippen LogP contribution is 2.12. The zero-order valence-electron chi connectivity index (χ0n) is 14.9. The lowest BCUT2D eigenvalue weighted by molar-refractivity contribution is -0.129. The highest BCUT2D eigenvalue weighted by atomic mass is 127. The summed E-state index contributed by atoms with van der Waals surface area (Å²) in [7, 11) is 1.74. The molecule has 1 saturated heterocycles. The first-order valence-corrected chi connectivity index (χ1v) is 8.85. The van der Waals surface area contributed by atoms with E-state index < -0.39 is 0 Å². The Kier molecular flexibility index (Phi) is 7.51. The summed E-state index contributed by atoms with van der Waals surface area (Å²) in [5.74, 6) is 0.918. The van der Waals surface area contributed by atoms with Crippen molar-refractivity contribution in [2.75, 3.05) is 20.1 Å². The molecule has 1 unspecified atom stereocenters. The van der Waals surface area contributed by atoms with E-state index in [1.165, 1.54) is 0 Å². The van der Waals surface area contributed by atoms with Crippen LogP contribution in [0.4, 0.5) is 0 Å². The summed E-state index contributed by atoms with van der Waals surface area (Å²) in [6, 6.07) is 3.93. The van der Waals surface area contributed by atoms with Crippen LogP contribution in [0.5, 0.6) is 0 Å². The molecule has 1 amide bonds. The molecule has 1 aliphatic rings. The molecule has 0 aliphatic carbocycles. The summed E-state index contributed by atoms with van der Waals surface area (Å²) in [4.78, 5) is 22.5. The van der Waals surface area contributed by atoms with Crippen LogP contribution >= 0.6 is 35.6 Å². The third kappa shape index (κ3) is 5.00. The predicted molar refractivity (Wildman–Crippen MR) is 114 cm³/mol.